The summed E-state index contributed by atoms with van der Waals surface area (Å²) in [5.74, 6) is -0.293. The van der Waals surface area contributed by atoms with Crippen molar-refractivity contribution in [1.82, 2.24) is 20.1 Å². The molecular weight excluding hydrogens is 460 g/mol. The predicted octanol–water partition coefficient (Wildman–Crippen LogP) is 3.20. The van der Waals surface area contributed by atoms with Gasteiger partial charge in [-0.05, 0) is 63.5 Å². The zero-order valence-electron chi connectivity index (χ0n) is 21.6. The molecule has 3 aliphatic heterocycles. The molecule has 0 bridgehead atoms. The number of hydrogen-bond acceptors (Lipinski definition) is 6. The summed E-state index contributed by atoms with van der Waals surface area (Å²) in [7, 11) is 0. The molecule has 2 fully saturated rings. The van der Waals surface area contributed by atoms with Gasteiger partial charge < -0.3 is 15.0 Å². The third-order valence-corrected chi connectivity index (χ3v) is 7.33. The number of aromatic nitrogens is 1. The second kappa shape index (κ2) is 10.0. The number of hydrogen-bond donors (Lipinski definition) is 1. The van der Waals surface area contributed by atoms with Crippen LogP contribution >= 0.6 is 0 Å². The maximum absolute atomic E-state index is 13.8. The van der Waals surface area contributed by atoms with Gasteiger partial charge in [0.15, 0.2) is 11.5 Å². The SMILES string of the molecule is CC(C)CC[C@]1(C2CCN(C(=O)C3=CC(=O)CC(C)(C)O3)CC2)NC(=O)N(Cc2ccccn2)C1=O. The number of piperidine rings is 1. The number of pyridine rings is 1. The lowest BCUT2D eigenvalue weighted by molar-refractivity contribution is -0.140. The molecule has 1 aromatic heterocycles. The fraction of sp³-hybridized carbons (Fsp3) is 0.593. The van der Waals surface area contributed by atoms with Crippen LogP contribution in [0, 0.1) is 11.8 Å². The molecule has 0 aromatic carbocycles. The quantitative estimate of drug-likeness (QED) is 0.581. The fourth-order valence-electron chi connectivity index (χ4n) is 5.43. The lowest BCUT2D eigenvalue weighted by atomic mass is 9.73. The average Bonchev–Trinajstić information content (AvgIpc) is 3.07. The zero-order valence-corrected chi connectivity index (χ0v) is 21.6. The van der Waals surface area contributed by atoms with E-state index in [2.05, 4.69) is 24.1 Å². The van der Waals surface area contributed by atoms with Crippen LogP contribution in [0.2, 0.25) is 0 Å². The summed E-state index contributed by atoms with van der Waals surface area (Å²) < 4.78 is 5.80. The summed E-state index contributed by atoms with van der Waals surface area (Å²) in [6.07, 6.45) is 5.65. The molecule has 194 valence electrons. The first-order valence-electron chi connectivity index (χ1n) is 12.8. The van der Waals surface area contributed by atoms with E-state index in [-0.39, 0.29) is 42.2 Å². The lowest BCUT2D eigenvalue weighted by Gasteiger charge is -2.41. The van der Waals surface area contributed by atoms with Gasteiger partial charge >= 0.3 is 6.03 Å². The monoisotopic (exact) mass is 496 g/mol. The highest BCUT2D eigenvalue weighted by Gasteiger charge is 2.55. The normalized spacial score (nSPS) is 24.6. The maximum atomic E-state index is 13.8. The molecule has 1 aromatic rings. The molecule has 0 saturated carbocycles. The van der Waals surface area contributed by atoms with Gasteiger partial charge in [-0.1, -0.05) is 19.9 Å². The van der Waals surface area contributed by atoms with Crippen molar-refractivity contribution in [2.24, 2.45) is 11.8 Å². The van der Waals surface area contributed by atoms with E-state index >= 15 is 0 Å². The number of allylic oxidation sites excluding steroid dienone is 1. The van der Waals surface area contributed by atoms with Gasteiger partial charge in [0, 0.05) is 31.8 Å². The minimum absolute atomic E-state index is 0.0796. The number of urea groups is 1. The van der Waals surface area contributed by atoms with Crippen LogP contribution in [0.15, 0.2) is 36.2 Å². The minimum atomic E-state index is -0.996. The van der Waals surface area contributed by atoms with Crippen LogP contribution in [0.1, 0.15) is 65.5 Å². The molecule has 0 radical (unpaired) electrons. The smallest absolute Gasteiger partial charge is 0.325 e. The van der Waals surface area contributed by atoms with Gasteiger partial charge in [-0.25, -0.2) is 4.79 Å². The second-order valence-corrected chi connectivity index (χ2v) is 11.1. The first-order chi connectivity index (χ1) is 17.0. The summed E-state index contributed by atoms with van der Waals surface area (Å²) in [5, 5.41) is 3.06. The molecule has 9 heteroatoms. The van der Waals surface area contributed by atoms with Gasteiger partial charge in [0.25, 0.3) is 11.8 Å². The van der Waals surface area contributed by atoms with Crippen LogP contribution < -0.4 is 5.32 Å². The Morgan fingerprint density at radius 2 is 1.92 bits per heavy atom. The molecule has 0 aliphatic carbocycles. The van der Waals surface area contributed by atoms with E-state index in [9.17, 15) is 19.2 Å². The van der Waals surface area contributed by atoms with Crippen molar-refractivity contribution < 1.29 is 23.9 Å². The Morgan fingerprint density at radius 3 is 2.53 bits per heavy atom. The molecule has 9 nitrogen and oxygen atoms in total. The highest BCUT2D eigenvalue weighted by atomic mass is 16.5. The molecule has 0 unspecified atom stereocenters. The summed E-state index contributed by atoms with van der Waals surface area (Å²) in [4.78, 5) is 59.2. The van der Waals surface area contributed by atoms with Crippen molar-refractivity contribution in [3.8, 4) is 0 Å². The van der Waals surface area contributed by atoms with E-state index in [1.165, 1.54) is 11.0 Å². The fourth-order valence-corrected chi connectivity index (χ4v) is 5.43. The molecule has 4 rings (SSSR count). The summed E-state index contributed by atoms with van der Waals surface area (Å²) in [6, 6.07) is 5.03. The van der Waals surface area contributed by atoms with E-state index < -0.39 is 17.2 Å². The van der Waals surface area contributed by atoms with Gasteiger partial charge in [-0.15, -0.1) is 0 Å². The van der Waals surface area contributed by atoms with E-state index in [4.69, 9.17) is 4.74 Å². The highest BCUT2D eigenvalue weighted by molar-refractivity contribution is 6.07. The van der Waals surface area contributed by atoms with Gasteiger partial charge in [0.1, 0.15) is 11.1 Å². The number of ether oxygens (including phenoxy) is 1. The molecular formula is C27H36N4O5. The zero-order chi connectivity index (χ0) is 26.1. The Balaban J connectivity index is 1.49. The molecule has 2 saturated heterocycles. The van der Waals surface area contributed by atoms with Crippen molar-refractivity contribution in [3.05, 3.63) is 41.9 Å². The number of nitrogens with zero attached hydrogens (tertiary/aromatic N) is 3. The van der Waals surface area contributed by atoms with Crippen LogP contribution in [0.3, 0.4) is 0 Å². The number of rotatable bonds is 7. The first-order valence-corrected chi connectivity index (χ1v) is 12.8. The molecule has 0 spiro atoms. The van der Waals surface area contributed by atoms with Crippen LogP contribution in [-0.4, -0.2) is 62.6 Å². The van der Waals surface area contributed by atoms with Crippen LogP contribution in [0.5, 0.6) is 0 Å². The third kappa shape index (κ3) is 5.29. The minimum Gasteiger partial charge on any atom is -0.481 e. The molecule has 4 heterocycles. The van der Waals surface area contributed by atoms with Crippen LogP contribution in [0.4, 0.5) is 4.79 Å². The van der Waals surface area contributed by atoms with E-state index in [0.29, 0.717) is 44.0 Å². The highest BCUT2D eigenvalue weighted by Crippen LogP contribution is 2.39. The molecule has 3 aliphatic rings. The number of ketones is 1. The predicted molar refractivity (Wildman–Crippen MR) is 132 cm³/mol. The van der Waals surface area contributed by atoms with Crippen LogP contribution in [-0.2, 0) is 25.7 Å². The van der Waals surface area contributed by atoms with Crippen molar-refractivity contribution >= 4 is 23.6 Å². The first kappa shape index (κ1) is 25.9. The molecule has 1 atom stereocenters. The molecule has 1 N–H and O–H groups in total. The molecule has 36 heavy (non-hydrogen) atoms. The summed E-state index contributed by atoms with van der Waals surface area (Å²) in [5.41, 5.74) is -1.06. The number of carbonyl (C=O) groups excluding carboxylic acids is 4. The van der Waals surface area contributed by atoms with E-state index in [1.54, 1.807) is 37.1 Å². The summed E-state index contributed by atoms with van der Waals surface area (Å²) in [6.45, 7) is 8.76. The third-order valence-electron chi connectivity index (χ3n) is 7.33. The maximum Gasteiger partial charge on any atom is 0.325 e. The number of imide groups is 1. The van der Waals surface area contributed by atoms with E-state index in [1.807, 2.05) is 6.07 Å². The van der Waals surface area contributed by atoms with Crippen molar-refractivity contribution in [2.45, 2.75) is 77.5 Å². The Kier molecular flexibility index (Phi) is 7.20. The van der Waals surface area contributed by atoms with Gasteiger partial charge in [0.05, 0.1) is 12.2 Å². The average molecular weight is 497 g/mol. The largest absolute Gasteiger partial charge is 0.481 e. The molecule has 4 amide bonds. The van der Waals surface area contributed by atoms with Crippen LogP contribution in [0.25, 0.3) is 0 Å². The Hall–Kier alpha value is -3.23. The van der Waals surface area contributed by atoms with Gasteiger partial charge in [-0.3, -0.25) is 24.3 Å². The van der Waals surface area contributed by atoms with Crippen molar-refractivity contribution in [3.63, 3.8) is 0 Å². The Bertz CT molecular complexity index is 1060. The van der Waals surface area contributed by atoms with Crippen molar-refractivity contribution in [1.29, 1.82) is 0 Å². The van der Waals surface area contributed by atoms with E-state index in [0.717, 1.165) is 6.42 Å². The Morgan fingerprint density at radius 1 is 1.19 bits per heavy atom. The standard InChI is InChI=1S/C27H36N4O5/c1-18(2)8-11-27(24(34)31(25(35)29-27)17-20-7-5-6-12-28-20)19-9-13-30(14-10-19)23(33)22-15-21(32)16-26(3,4)36-22/h5-7,12,15,18-19H,8-11,13-14,16-17H2,1-4H3,(H,29,35)/t27-/m1/s1. The lowest BCUT2D eigenvalue weighted by Crippen LogP contribution is -2.57. The number of carbonyl (C=O) groups is 4. The number of likely N-dealkylation sites (tertiary alicyclic amines) is 1. The second-order valence-electron chi connectivity index (χ2n) is 11.1. The summed E-state index contributed by atoms with van der Waals surface area (Å²) >= 11 is 0. The van der Waals surface area contributed by atoms with Gasteiger partial charge in [-0.2, -0.15) is 0 Å². The Labute approximate surface area is 212 Å². The van der Waals surface area contributed by atoms with Crippen molar-refractivity contribution in [2.75, 3.05) is 13.1 Å². The van der Waals surface area contributed by atoms with Gasteiger partial charge in [0.2, 0.25) is 0 Å². The number of amides is 4. The topological polar surface area (TPSA) is 109 Å². The number of nitrogens with one attached hydrogen (secondary N) is 1.